The summed E-state index contributed by atoms with van der Waals surface area (Å²) in [4.78, 5) is 56.8. The number of rotatable bonds is 9. The van der Waals surface area contributed by atoms with Gasteiger partial charge in [0.2, 0.25) is 11.8 Å². The minimum absolute atomic E-state index is 0.0805. The van der Waals surface area contributed by atoms with Crippen molar-refractivity contribution in [3.05, 3.63) is 59.7 Å². The molecule has 2 aromatic carbocycles. The van der Waals surface area contributed by atoms with Gasteiger partial charge >= 0.3 is 12.2 Å². The lowest BCUT2D eigenvalue weighted by molar-refractivity contribution is -0.145. The summed E-state index contributed by atoms with van der Waals surface area (Å²) in [5.74, 6) is -0.162. The number of hydrogen-bond acceptors (Lipinski definition) is 9. The van der Waals surface area contributed by atoms with Crippen molar-refractivity contribution in [1.29, 1.82) is 0 Å². The third-order valence-electron chi connectivity index (χ3n) is 9.61. The lowest BCUT2D eigenvalue weighted by Crippen LogP contribution is -2.62. The first-order valence-corrected chi connectivity index (χ1v) is 19.1. The van der Waals surface area contributed by atoms with Crippen molar-refractivity contribution >= 4 is 35.8 Å². The highest BCUT2D eigenvalue weighted by Crippen LogP contribution is 2.46. The van der Waals surface area contributed by atoms with Crippen molar-refractivity contribution in [3.63, 3.8) is 0 Å². The number of likely N-dealkylation sites (tertiary alicyclic amines) is 1. The molecule has 0 unspecified atom stereocenters. The number of nitrogens with one attached hydrogen (secondary N) is 2. The molecule has 52 heavy (non-hydrogen) atoms. The lowest BCUT2D eigenvalue weighted by Gasteiger charge is -2.46. The first kappa shape index (κ1) is 39.4. The van der Waals surface area contributed by atoms with Crippen LogP contribution >= 0.6 is 11.8 Å². The Kier molecular flexibility index (Phi) is 11.9. The average molecular weight is 739 g/mol. The highest BCUT2D eigenvalue weighted by molar-refractivity contribution is 8.00. The Hall–Kier alpha value is -3.81. The fourth-order valence-electron chi connectivity index (χ4n) is 7.37. The Balaban J connectivity index is 1.22. The summed E-state index contributed by atoms with van der Waals surface area (Å²) in [7, 11) is 0. The van der Waals surface area contributed by atoms with Crippen molar-refractivity contribution < 1.29 is 38.5 Å². The van der Waals surface area contributed by atoms with E-state index in [4.69, 9.17) is 14.2 Å². The maximum absolute atomic E-state index is 14.1. The number of fused-ring (bicyclic) bond motifs is 3. The van der Waals surface area contributed by atoms with Crippen LogP contribution in [0.25, 0.3) is 11.1 Å². The average Bonchev–Trinajstić information content (AvgIpc) is 3.61. The van der Waals surface area contributed by atoms with Gasteiger partial charge in [0.15, 0.2) is 0 Å². The van der Waals surface area contributed by atoms with E-state index >= 15 is 0 Å². The minimum atomic E-state index is -1.22. The molecule has 0 radical (unpaired) electrons. The summed E-state index contributed by atoms with van der Waals surface area (Å²) in [5.41, 5.74) is 3.05. The monoisotopic (exact) mass is 738 g/mol. The molecule has 2 fully saturated rings. The van der Waals surface area contributed by atoms with Crippen molar-refractivity contribution in [2.24, 2.45) is 0 Å². The van der Waals surface area contributed by atoms with E-state index in [1.807, 2.05) is 57.2 Å². The predicted octanol–water partition coefficient (Wildman–Crippen LogP) is 5.27. The molecule has 12 nitrogen and oxygen atoms in total. The maximum Gasteiger partial charge on any atom is 0.408 e. The molecular formula is C39H54N4O8S. The van der Waals surface area contributed by atoms with E-state index in [1.54, 1.807) is 49.3 Å². The Bertz CT molecular complexity index is 1580. The SMILES string of the molecule is C[C@@H](O)[C@H](NC(=O)OCC1c2ccccc2-c2ccccc21)C(=O)N1CCSC12CCN(C(=O)[C@@H](NC(=O)OC(C)(C)C)[C@@H](C)OC(C)(C)C)CC2. The molecule has 13 heteroatoms. The Morgan fingerprint density at radius 1 is 0.827 bits per heavy atom. The molecule has 284 valence electrons. The standard InChI is InChI=1S/C39H54N4O8S/c1-24(44)31(40-35(47)49-23-30-28-15-11-9-13-26(28)27-14-10-12-16-29(27)30)34(46)43-21-22-52-39(43)17-19-42(20-18-39)33(45)32(25(2)50-37(3,4)5)41-36(48)51-38(6,7)8/h9-16,24-25,30-32,44H,17-23H2,1-8H3,(H,40,47)(H,41,48)/t24-,25-,31+,32+/m1/s1. The Morgan fingerprint density at radius 2 is 1.38 bits per heavy atom. The van der Waals surface area contributed by atoms with Crippen LogP contribution in [0.3, 0.4) is 0 Å². The zero-order valence-corrected chi connectivity index (χ0v) is 32.4. The van der Waals surface area contributed by atoms with Crippen LogP contribution in [0.4, 0.5) is 9.59 Å². The Labute approximate surface area is 311 Å². The summed E-state index contributed by atoms with van der Waals surface area (Å²) in [5, 5.41) is 16.1. The molecule has 4 amide bonds. The van der Waals surface area contributed by atoms with Crippen LogP contribution in [-0.2, 0) is 23.8 Å². The number of aliphatic hydroxyl groups excluding tert-OH is 1. The third kappa shape index (κ3) is 9.03. The molecule has 4 atom stereocenters. The zero-order valence-electron chi connectivity index (χ0n) is 31.6. The second-order valence-electron chi connectivity index (χ2n) is 15.9. The second-order valence-corrected chi connectivity index (χ2v) is 17.3. The molecule has 5 rings (SSSR count). The summed E-state index contributed by atoms with van der Waals surface area (Å²) >= 11 is 1.64. The number of thioether (sulfide) groups is 1. The fraction of sp³-hybridized carbons (Fsp3) is 0.590. The zero-order chi connectivity index (χ0) is 38.0. The van der Waals surface area contributed by atoms with E-state index in [0.29, 0.717) is 38.2 Å². The van der Waals surface area contributed by atoms with Crippen LogP contribution in [0.1, 0.15) is 85.3 Å². The van der Waals surface area contributed by atoms with Gasteiger partial charge in [-0.15, -0.1) is 11.8 Å². The molecule has 2 aliphatic heterocycles. The molecular weight excluding hydrogens is 685 g/mol. The third-order valence-corrected chi connectivity index (χ3v) is 11.2. The minimum Gasteiger partial charge on any atom is -0.449 e. The molecule has 1 aliphatic carbocycles. The van der Waals surface area contributed by atoms with Crippen molar-refractivity contribution in [1.82, 2.24) is 20.4 Å². The summed E-state index contributed by atoms with van der Waals surface area (Å²) in [6.45, 7) is 15.3. The first-order chi connectivity index (χ1) is 24.4. The smallest absolute Gasteiger partial charge is 0.408 e. The van der Waals surface area contributed by atoms with E-state index in [0.717, 1.165) is 22.3 Å². The van der Waals surface area contributed by atoms with E-state index in [-0.39, 0.29) is 18.4 Å². The number of amides is 4. The molecule has 0 aromatic heterocycles. The van der Waals surface area contributed by atoms with E-state index in [9.17, 15) is 24.3 Å². The molecule has 1 spiro atoms. The van der Waals surface area contributed by atoms with Crippen molar-refractivity contribution in [2.75, 3.05) is 32.0 Å². The normalized spacial score (nSPS) is 19.2. The van der Waals surface area contributed by atoms with Gasteiger partial charge in [-0.1, -0.05) is 48.5 Å². The number of ether oxygens (including phenoxy) is 3. The van der Waals surface area contributed by atoms with Gasteiger partial charge in [-0.3, -0.25) is 9.59 Å². The van der Waals surface area contributed by atoms with E-state index in [2.05, 4.69) is 22.8 Å². The number of aliphatic hydroxyl groups is 1. The number of hydrogen-bond donors (Lipinski definition) is 3. The summed E-state index contributed by atoms with van der Waals surface area (Å²) < 4.78 is 17.3. The van der Waals surface area contributed by atoms with Gasteiger partial charge in [-0.2, -0.15) is 0 Å². The number of alkyl carbamates (subject to hydrolysis) is 2. The highest BCUT2D eigenvalue weighted by atomic mass is 32.2. The Morgan fingerprint density at radius 3 is 1.92 bits per heavy atom. The maximum atomic E-state index is 14.1. The van der Waals surface area contributed by atoms with Crippen LogP contribution in [0.15, 0.2) is 48.5 Å². The van der Waals surface area contributed by atoms with Crippen LogP contribution in [0, 0.1) is 0 Å². The topological polar surface area (TPSA) is 147 Å². The van der Waals surface area contributed by atoms with Gasteiger partial charge in [0.1, 0.15) is 24.3 Å². The number of benzene rings is 2. The van der Waals surface area contributed by atoms with E-state index < -0.39 is 58.5 Å². The molecule has 3 aliphatic rings. The molecule has 2 aromatic rings. The second kappa shape index (κ2) is 15.7. The molecule has 2 saturated heterocycles. The van der Waals surface area contributed by atoms with Gasteiger partial charge < -0.3 is 39.8 Å². The van der Waals surface area contributed by atoms with Crippen LogP contribution < -0.4 is 10.6 Å². The van der Waals surface area contributed by atoms with Crippen molar-refractivity contribution in [3.8, 4) is 11.1 Å². The van der Waals surface area contributed by atoms with Gasteiger partial charge in [-0.25, -0.2) is 9.59 Å². The number of nitrogens with zero attached hydrogens (tertiary/aromatic N) is 2. The largest absolute Gasteiger partial charge is 0.449 e. The number of piperidine rings is 1. The molecule has 0 saturated carbocycles. The number of carbonyl (C=O) groups excluding carboxylic acids is 4. The van der Waals surface area contributed by atoms with Gasteiger partial charge in [0.05, 0.1) is 22.7 Å². The van der Waals surface area contributed by atoms with Crippen LogP contribution in [0.5, 0.6) is 0 Å². The first-order valence-electron chi connectivity index (χ1n) is 18.1. The fourth-order valence-corrected chi connectivity index (χ4v) is 8.83. The highest BCUT2D eigenvalue weighted by Gasteiger charge is 2.50. The van der Waals surface area contributed by atoms with E-state index in [1.165, 1.54) is 6.92 Å². The molecule has 2 heterocycles. The van der Waals surface area contributed by atoms with Gasteiger partial charge in [0, 0.05) is 31.3 Å². The predicted molar refractivity (Wildman–Crippen MR) is 200 cm³/mol. The van der Waals surface area contributed by atoms with Crippen LogP contribution in [0.2, 0.25) is 0 Å². The molecule has 0 bridgehead atoms. The van der Waals surface area contributed by atoms with Crippen LogP contribution in [-0.4, -0.2) is 111 Å². The molecule has 3 N–H and O–H groups in total. The number of carbonyl (C=O) groups is 4. The lowest BCUT2D eigenvalue weighted by atomic mass is 9.98. The van der Waals surface area contributed by atoms with Gasteiger partial charge in [0.25, 0.3) is 0 Å². The summed E-state index contributed by atoms with van der Waals surface area (Å²) in [6.07, 6.45) is -2.37. The van der Waals surface area contributed by atoms with Gasteiger partial charge in [-0.05, 0) is 90.5 Å². The summed E-state index contributed by atoms with van der Waals surface area (Å²) in [6, 6.07) is 13.9. The van der Waals surface area contributed by atoms with Crippen molar-refractivity contribution in [2.45, 2.75) is 115 Å². The quantitative estimate of drug-likeness (QED) is 0.314.